The van der Waals surface area contributed by atoms with Crippen molar-refractivity contribution in [1.82, 2.24) is 4.90 Å². The summed E-state index contributed by atoms with van der Waals surface area (Å²) in [4.78, 5) is 24.2. The molecular weight excluding hydrogens is 234 g/mol. The Hall–Kier alpha value is -0.970. The predicted octanol–water partition coefficient (Wildman–Crippen LogP) is 1.69. The third-order valence-corrected chi connectivity index (χ3v) is 3.27. The molecule has 1 rings (SSSR count). The maximum absolute atomic E-state index is 11.5. The Morgan fingerprint density at radius 2 is 2.25 bits per heavy atom. The van der Waals surface area contributed by atoms with Crippen LogP contribution in [0.15, 0.2) is 0 Å². The first-order valence-electron chi connectivity index (χ1n) is 5.23. The van der Waals surface area contributed by atoms with Crippen LogP contribution < -0.4 is 0 Å². The molecule has 1 unspecified atom stereocenters. The van der Waals surface area contributed by atoms with E-state index in [4.69, 9.17) is 11.6 Å². The van der Waals surface area contributed by atoms with Gasteiger partial charge in [0, 0.05) is 12.4 Å². The number of rotatable bonds is 4. The molecule has 0 aromatic heterocycles. The van der Waals surface area contributed by atoms with Crippen molar-refractivity contribution >= 4 is 23.7 Å². The lowest BCUT2D eigenvalue weighted by Gasteiger charge is -2.33. The summed E-state index contributed by atoms with van der Waals surface area (Å²) in [7, 11) is 1.26. The lowest BCUT2D eigenvalue weighted by Crippen LogP contribution is -2.53. The number of hydrogen-bond acceptors (Lipinski definition) is 3. The van der Waals surface area contributed by atoms with Gasteiger partial charge in [0.1, 0.15) is 5.54 Å². The van der Waals surface area contributed by atoms with E-state index in [2.05, 4.69) is 4.74 Å². The summed E-state index contributed by atoms with van der Waals surface area (Å²) in [5.74, 6) is -0.579. The van der Waals surface area contributed by atoms with Gasteiger partial charge in [0.25, 0.3) is 0 Å². The molecule has 1 fully saturated rings. The first kappa shape index (κ1) is 13.1. The molecule has 0 aliphatic carbocycles. The zero-order valence-corrected chi connectivity index (χ0v) is 10.00. The fourth-order valence-corrected chi connectivity index (χ4v) is 2.34. The second-order valence-corrected chi connectivity index (χ2v) is 4.23. The number of methoxy groups -OCH3 is 1. The number of aliphatic carboxylic acids is 1. The first-order valence-corrected chi connectivity index (χ1v) is 5.77. The van der Waals surface area contributed by atoms with E-state index in [9.17, 15) is 14.7 Å². The standard InChI is InChI=1S/C10H16ClNO4/c1-16-9(15)12-7-3-5-10(12,8(13)14)4-2-6-11/h2-7H2,1H3,(H,13,14). The van der Waals surface area contributed by atoms with Gasteiger partial charge in [-0.15, -0.1) is 11.6 Å². The highest BCUT2D eigenvalue weighted by molar-refractivity contribution is 6.17. The number of hydrogen-bond donors (Lipinski definition) is 1. The minimum Gasteiger partial charge on any atom is -0.479 e. The summed E-state index contributed by atoms with van der Waals surface area (Å²) in [6.07, 6.45) is 1.52. The number of carboxylic acids is 1. The normalized spacial score (nSPS) is 24.5. The van der Waals surface area contributed by atoms with E-state index in [1.165, 1.54) is 12.0 Å². The highest BCUT2D eigenvalue weighted by atomic mass is 35.5. The fourth-order valence-electron chi connectivity index (χ4n) is 2.20. The van der Waals surface area contributed by atoms with Crippen LogP contribution in [-0.4, -0.2) is 47.1 Å². The minimum absolute atomic E-state index is 0.376. The summed E-state index contributed by atoms with van der Waals surface area (Å²) >= 11 is 5.58. The number of likely N-dealkylation sites (tertiary alicyclic amines) is 1. The van der Waals surface area contributed by atoms with E-state index in [-0.39, 0.29) is 0 Å². The second kappa shape index (κ2) is 5.39. The van der Waals surface area contributed by atoms with Crippen LogP contribution in [0.4, 0.5) is 4.79 Å². The van der Waals surface area contributed by atoms with Gasteiger partial charge in [-0.1, -0.05) is 0 Å². The highest BCUT2D eigenvalue weighted by Gasteiger charge is 2.49. The molecule has 0 aromatic carbocycles. The summed E-state index contributed by atoms with van der Waals surface area (Å²) in [6, 6.07) is 0. The molecule has 0 bridgehead atoms. The molecular formula is C10H16ClNO4. The lowest BCUT2D eigenvalue weighted by atomic mass is 9.91. The van der Waals surface area contributed by atoms with Gasteiger partial charge in [-0.25, -0.2) is 9.59 Å². The molecule has 1 saturated heterocycles. The van der Waals surface area contributed by atoms with Crippen LogP contribution in [-0.2, 0) is 9.53 Å². The van der Waals surface area contributed by atoms with Crippen molar-refractivity contribution in [1.29, 1.82) is 0 Å². The van der Waals surface area contributed by atoms with E-state index < -0.39 is 17.6 Å². The largest absolute Gasteiger partial charge is 0.479 e. The molecule has 0 spiro atoms. The van der Waals surface area contributed by atoms with E-state index in [0.29, 0.717) is 38.1 Å². The van der Waals surface area contributed by atoms with Crippen molar-refractivity contribution in [3.63, 3.8) is 0 Å². The summed E-state index contributed by atoms with van der Waals surface area (Å²) < 4.78 is 4.61. The van der Waals surface area contributed by atoms with Gasteiger partial charge in [-0.3, -0.25) is 4.90 Å². The monoisotopic (exact) mass is 249 g/mol. The average molecular weight is 250 g/mol. The Kier molecular flexibility index (Phi) is 4.41. The quantitative estimate of drug-likeness (QED) is 0.770. The molecule has 1 amide bonds. The van der Waals surface area contributed by atoms with Crippen molar-refractivity contribution in [2.24, 2.45) is 0 Å². The summed E-state index contributed by atoms with van der Waals surface area (Å²) in [5.41, 5.74) is -1.12. The van der Waals surface area contributed by atoms with E-state index in [1.807, 2.05) is 0 Å². The molecule has 1 aliphatic heterocycles. The number of carbonyl (C=O) groups is 2. The number of alkyl halides is 1. The maximum Gasteiger partial charge on any atom is 0.410 e. The van der Waals surface area contributed by atoms with Crippen LogP contribution >= 0.6 is 11.6 Å². The topological polar surface area (TPSA) is 66.8 Å². The number of amides is 1. The van der Waals surface area contributed by atoms with Crippen LogP contribution in [0.2, 0.25) is 0 Å². The Morgan fingerprint density at radius 1 is 1.56 bits per heavy atom. The maximum atomic E-state index is 11.5. The van der Waals surface area contributed by atoms with Crippen molar-refractivity contribution in [3.8, 4) is 0 Å². The van der Waals surface area contributed by atoms with Gasteiger partial charge in [0.2, 0.25) is 0 Å². The van der Waals surface area contributed by atoms with E-state index in [0.717, 1.165) is 0 Å². The van der Waals surface area contributed by atoms with Crippen LogP contribution in [0.25, 0.3) is 0 Å². The number of carboxylic acid groups (broad SMARTS) is 1. The molecule has 1 atom stereocenters. The SMILES string of the molecule is COC(=O)N1CCCC1(CCCCl)C(=O)O. The van der Waals surface area contributed by atoms with E-state index >= 15 is 0 Å². The number of nitrogens with zero attached hydrogens (tertiary/aromatic N) is 1. The van der Waals surface area contributed by atoms with Gasteiger partial charge in [0.05, 0.1) is 7.11 Å². The molecule has 0 saturated carbocycles. The minimum atomic E-state index is -1.12. The van der Waals surface area contributed by atoms with Crippen molar-refractivity contribution < 1.29 is 19.4 Å². The van der Waals surface area contributed by atoms with Gasteiger partial charge < -0.3 is 9.84 Å². The second-order valence-electron chi connectivity index (χ2n) is 3.85. The van der Waals surface area contributed by atoms with Gasteiger partial charge in [-0.2, -0.15) is 0 Å². The lowest BCUT2D eigenvalue weighted by molar-refractivity contribution is -0.149. The fraction of sp³-hybridized carbons (Fsp3) is 0.800. The predicted molar refractivity (Wildman–Crippen MR) is 58.7 cm³/mol. The summed E-state index contributed by atoms with van der Waals surface area (Å²) in [6.45, 7) is 0.432. The Morgan fingerprint density at radius 3 is 2.75 bits per heavy atom. The van der Waals surface area contributed by atoms with Gasteiger partial charge >= 0.3 is 12.1 Å². The molecule has 1 heterocycles. The summed E-state index contributed by atoms with van der Waals surface area (Å²) in [5, 5.41) is 9.31. The van der Waals surface area contributed by atoms with Crippen LogP contribution in [0.5, 0.6) is 0 Å². The molecule has 1 aliphatic rings. The molecule has 0 aromatic rings. The number of halogens is 1. The number of carbonyl (C=O) groups excluding carboxylic acids is 1. The van der Waals surface area contributed by atoms with Crippen LogP contribution in [0.3, 0.4) is 0 Å². The first-order chi connectivity index (χ1) is 7.58. The van der Waals surface area contributed by atoms with Crippen molar-refractivity contribution in [2.75, 3.05) is 19.5 Å². The van der Waals surface area contributed by atoms with E-state index in [1.54, 1.807) is 0 Å². The Balaban J connectivity index is 2.89. The third kappa shape index (κ3) is 2.24. The van der Waals surface area contributed by atoms with Crippen LogP contribution in [0, 0.1) is 0 Å². The molecule has 1 N–H and O–H groups in total. The van der Waals surface area contributed by atoms with Gasteiger partial charge in [-0.05, 0) is 25.7 Å². The third-order valence-electron chi connectivity index (χ3n) is 3.01. The molecule has 0 radical (unpaired) electrons. The van der Waals surface area contributed by atoms with Crippen molar-refractivity contribution in [3.05, 3.63) is 0 Å². The highest BCUT2D eigenvalue weighted by Crippen LogP contribution is 2.34. The van der Waals surface area contributed by atoms with Crippen LogP contribution in [0.1, 0.15) is 25.7 Å². The molecule has 92 valence electrons. The molecule has 5 nitrogen and oxygen atoms in total. The zero-order valence-electron chi connectivity index (χ0n) is 9.24. The van der Waals surface area contributed by atoms with Gasteiger partial charge in [0.15, 0.2) is 0 Å². The average Bonchev–Trinajstić information content (AvgIpc) is 2.70. The smallest absolute Gasteiger partial charge is 0.410 e. The Bertz CT molecular complexity index is 284. The van der Waals surface area contributed by atoms with Crippen molar-refractivity contribution in [2.45, 2.75) is 31.2 Å². The molecule has 6 heteroatoms. The Labute approximate surface area is 99.3 Å². The zero-order chi connectivity index (χ0) is 12.2. The number of ether oxygens (including phenoxy) is 1. The molecule has 16 heavy (non-hydrogen) atoms.